The van der Waals surface area contributed by atoms with E-state index in [-0.39, 0.29) is 23.6 Å². The molecule has 5 rings (SSSR count). The third-order valence-electron chi connectivity index (χ3n) is 6.05. The molecule has 7 nitrogen and oxygen atoms in total. The van der Waals surface area contributed by atoms with Gasteiger partial charge in [0, 0.05) is 12.1 Å². The summed E-state index contributed by atoms with van der Waals surface area (Å²) >= 11 is 0. The number of rotatable bonds is 5. The first-order valence-corrected chi connectivity index (χ1v) is 11.0. The second kappa shape index (κ2) is 8.94. The third kappa shape index (κ3) is 3.96. The van der Waals surface area contributed by atoms with Crippen LogP contribution in [0.2, 0.25) is 0 Å². The number of fused-ring (bicyclic) bond motifs is 1. The van der Waals surface area contributed by atoms with Crippen molar-refractivity contribution in [1.82, 2.24) is 4.90 Å². The molecule has 0 aliphatic carbocycles. The molecule has 3 aromatic carbocycles. The van der Waals surface area contributed by atoms with Crippen LogP contribution < -0.4 is 9.47 Å². The van der Waals surface area contributed by atoms with Gasteiger partial charge in [0.2, 0.25) is 0 Å². The average Bonchev–Trinajstić information content (AvgIpc) is 3.12. The molecule has 2 aliphatic rings. The lowest BCUT2D eigenvalue weighted by molar-refractivity contribution is -0.139. The van der Waals surface area contributed by atoms with Crippen molar-refractivity contribution < 1.29 is 29.3 Å². The summed E-state index contributed by atoms with van der Waals surface area (Å²) in [6.07, 6.45) is 0.548. The number of aliphatic hydroxyl groups excluding tert-OH is 1. The van der Waals surface area contributed by atoms with Crippen LogP contribution in [-0.2, 0) is 16.0 Å². The van der Waals surface area contributed by atoms with Gasteiger partial charge in [-0.25, -0.2) is 0 Å². The molecule has 0 saturated carbocycles. The minimum absolute atomic E-state index is 0.000397. The standard InChI is InChI=1S/C27H23NO6/c29-20-9-6-18(7-10-20)24-23(25(30)19-8-11-21-22(16-19)34-15-14-33-21)26(31)27(32)28(24)13-12-17-4-2-1-3-5-17/h1-11,16,24,29-30H,12-15H2/b25-23+. The van der Waals surface area contributed by atoms with Crippen LogP contribution in [0.15, 0.2) is 78.4 Å². The third-order valence-corrected chi connectivity index (χ3v) is 6.05. The van der Waals surface area contributed by atoms with Crippen LogP contribution in [0.3, 0.4) is 0 Å². The number of ketones is 1. The maximum atomic E-state index is 13.2. The molecule has 2 N–H and O–H groups in total. The van der Waals surface area contributed by atoms with E-state index in [1.165, 1.54) is 17.0 Å². The van der Waals surface area contributed by atoms with Crippen molar-refractivity contribution in [2.75, 3.05) is 19.8 Å². The highest BCUT2D eigenvalue weighted by Gasteiger charge is 2.45. The quantitative estimate of drug-likeness (QED) is 0.344. The lowest BCUT2D eigenvalue weighted by Gasteiger charge is -2.25. The van der Waals surface area contributed by atoms with E-state index in [1.54, 1.807) is 30.3 Å². The zero-order valence-electron chi connectivity index (χ0n) is 18.3. The van der Waals surface area contributed by atoms with Gasteiger partial charge in [0.25, 0.3) is 11.7 Å². The summed E-state index contributed by atoms with van der Waals surface area (Å²) in [7, 11) is 0. The van der Waals surface area contributed by atoms with Gasteiger partial charge < -0.3 is 24.6 Å². The van der Waals surface area contributed by atoms with Crippen LogP contribution in [0.5, 0.6) is 17.2 Å². The van der Waals surface area contributed by atoms with Crippen LogP contribution in [0.25, 0.3) is 5.76 Å². The van der Waals surface area contributed by atoms with Crippen LogP contribution >= 0.6 is 0 Å². The molecule has 3 aromatic rings. The molecular formula is C27H23NO6. The number of carbonyl (C=O) groups is 2. The number of phenolic OH excluding ortho intramolecular Hbond substituents is 1. The van der Waals surface area contributed by atoms with Gasteiger partial charge >= 0.3 is 0 Å². The summed E-state index contributed by atoms with van der Waals surface area (Å²) in [6, 6.07) is 20.1. The van der Waals surface area contributed by atoms with Gasteiger partial charge in [-0.15, -0.1) is 0 Å². The zero-order chi connectivity index (χ0) is 23.7. The fraction of sp³-hybridized carbons (Fsp3) is 0.185. The van der Waals surface area contributed by atoms with Crippen molar-refractivity contribution in [2.45, 2.75) is 12.5 Å². The fourth-order valence-electron chi connectivity index (χ4n) is 4.35. The molecule has 172 valence electrons. The first-order chi connectivity index (χ1) is 16.5. The highest BCUT2D eigenvalue weighted by Crippen LogP contribution is 2.41. The van der Waals surface area contributed by atoms with Crippen molar-refractivity contribution in [3.8, 4) is 17.2 Å². The van der Waals surface area contributed by atoms with Crippen molar-refractivity contribution >= 4 is 17.4 Å². The number of benzene rings is 3. The van der Waals surface area contributed by atoms with Gasteiger partial charge in [-0.3, -0.25) is 9.59 Å². The van der Waals surface area contributed by atoms with Crippen molar-refractivity contribution in [3.05, 3.63) is 95.1 Å². The van der Waals surface area contributed by atoms with E-state index in [9.17, 15) is 19.8 Å². The summed E-state index contributed by atoms with van der Waals surface area (Å²) in [6.45, 7) is 1.11. The fourth-order valence-corrected chi connectivity index (χ4v) is 4.35. The van der Waals surface area contributed by atoms with E-state index in [2.05, 4.69) is 0 Å². The molecule has 1 atom stereocenters. The lowest BCUT2D eigenvalue weighted by atomic mass is 9.95. The first kappa shape index (κ1) is 21.6. The van der Waals surface area contributed by atoms with Crippen LogP contribution in [0.4, 0.5) is 0 Å². The molecule has 1 saturated heterocycles. The topological polar surface area (TPSA) is 96.3 Å². The number of Topliss-reactive ketones (excluding diaryl/α,β-unsaturated/α-hetero) is 1. The molecule has 2 aliphatic heterocycles. The second-order valence-electron chi connectivity index (χ2n) is 8.18. The Kier molecular flexibility index (Phi) is 5.67. The Hall–Kier alpha value is -4.26. The maximum absolute atomic E-state index is 13.2. The van der Waals surface area contributed by atoms with Gasteiger partial charge in [-0.05, 0) is 47.9 Å². The van der Waals surface area contributed by atoms with Crippen molar-refractivity contribution in [3.63, 3.8) is 0 Å². The Morgan fingerprint density at radius 1 is 0.912 bits per heavy atom. The summed E-state index contributed by atoms with van der Waals surface area (Å²) in [5.41, 5.74) is 2.00. The molecule has 2 heterocycles. The largest absolute Gasteiger partial charge is 0.508 e. The molecule has 34 heavy (non-hydrogen) atoms. The highest BCUT2D eigenvalue weighted by atomic mass is 16.6. The Morgan fingerprint density at radius 3 is 2.35 bits per heavy atom. The van der Waals surface area contributed by atoms with E-state index in [0.29, 0.717) is 42.3 Å². The number of ether oxygens (including phenoxy) is 2. The minimum atomic E-state index is -0.794. The number of aromatic hydroxyl groups is 1. The zero-order valence-corrected chi connectivity index (χ0v) is 18.3. The van der Waals surface area contributed by atoms with E-state index >= 15 is 0 Å². The van der Waals surface area contributed by atoms with Gasteiger partial charge in [-0.1, -0.05) is 42.5 Å². The molecular weight excluding hydrogens is 434 g/mol. The van der Waals surface area contributed by atoms with E-state index in [1.807, 2.05) is 30.3 Å². The Balaban J connectivity index is 1.57. The molecule has 1 amide bonds. The molecule has 1 fully saturated rings. The number of nitrogens with zero attached hydrogens (tertiary/aromatic N) is 1. The highest BCUT2D eigenvalue weighted by molar-refractivity contribution is 6.46. The van der Waals surface area contributed by atoms with Crippen LogP contribution in [0.1, 0.15) is 22.7 Å². The first-order valence-electron chi connectivity index (χ1n) is 11.0. The SMILES string of the molecule is O=C1C(=O)N(CCc2ccccc2)C(c2ccc(O)cc2)/C1=C(\O)c1ccc2c(c1)OCCO2. The summed E-state index contributed by atoms with van der Waals surface area (Å²) in [5, 5.41) is 21.0. The number of amides is 1. The minimum Gasteiger partial charge on any atom is -0.508 e. The molecule has 0 spiro atoms. The predicted octanol–water partition coefficient (Wildman–Crippen LogP) is 3.83. The Labute approximate surface area is 196 Å². The number of phenols is 1. The number of likely N-dealkylation sites (tertiary alicyclic amines) is 1. The number of hydrogen-bond donors (Lipinski definition) is 2. The summed E-state index contributed by atoms with van der Waals surface area (Å²) in [5.74, 6) is -0.616. The van der Waals surface area contributed by atoms with Crippen LogP contribution in [-0.4, -0.2) is 46.6 Å². The Bertz CT molecular complexity index is 1270. The van der Waals surface area contributed by atoms with Crippen molar-refractivity contribution in [2.24, 2.45) is 0 Å². The van der Waals surface area contributed by atoms with E-state index < -0.39 is 17.7 Å². The van der Waals surface area contributed by atoms with Gasteiger partial charge in [-0.2, -0.15) is 0 Å². The molecule has 0 aromatic heterocycles. The summed E-state index contributed by atoms with van der Waals surface area (Å²) in [4.78, 5) is 27.7. The number of hydrogen-bond acceptors (Lipinski definition) is 6. The van der Waals surface area contributed by atoms with E-state index in [0.717, 1.165) is 5.56 Å². The Morgan fingerprint density at radius 2 is 1.62 bits per heavy atom. The number of aliphatic hydroxyl groups is 1. The smallest absolute Gasteiger partial charge is 0.295 e. The molecule has 0 bridgehead atoms. The van der Waals surface area contributed by atoms with Gasteiger partial charge in [0.1, 0.15) is 24.7 Å². The normalized spacial score (nSPS) is 18.8. The lowest BCUT2D eigenvalue weighted by Crippen LogP contribution is -2.31. The number of carbonyl (C=O) groups excluding carboxylic acids is 2. The van der Waals surface area contributed by atoms with Gasteiger partial charge in [0.05, 0.1) is 11.6 Å². The molecule has 7 heteroatoms. The molecule has 0 radical (unpaired) electrons. The van der Waals surface area contributed by atoms with E-state index in [4.69, 9.17) is 9.47 Å². The monoisotopic (exact) mass is 457 g/mol. The van der Waals surface area contributed by atoms with Gasteiger partial charge in [0.15, 0.2) is 11.5 Å². The van der Waals surface area contributed by atoms with Crippen LogP contribution in [0, 0.1) is 0 Å². The average molecular weight is 457 g/mol. The maximum Gasteiger partial charge on any atom is 0.295 e. The van der Waals surface area contributed by atoms with Crippen molar-refractivity contribution in [1.29, 1.82) is 0 Å². The summed E-state index contributed by atoms with van der Waals surface area (Å²) < 4.78 is 11.1. The second-order valence-corrected chi connectivity index (χ2v) is 8.18. The predicted molar refractivity (Wildman–Crippen MR) is 125 cm³/mol. The molecule has 1 unspecified atom stereocenters.